The maximum absolute atomic E-state index is 13.1. The second kappa shape index (κ2) is 8.99. The SMILES string of the molecule is CN.Cc1c(C(=O)NC[C@@H]2CCCN2)[nH]c2ccc(-c3ccc(F)cc3)cc12. The molecule has 2 heterocycles. The van der Waals surface area contributed by atoms with Crippen LogP contribution in [0.3, 0.4) is 0 Å². The number of aromatic amines is 1. The summed E-state index contributed by atoms with van der Waals surface area (Å²) in [6.45, 7) is 3.63. The van der Waals surface area contributed by atoms with Crippen LogP contribution in [0, 0.1) is 12.7 Å². The van der Waals surface area contributed by atoms with E-state index >= 15 is 0 Å². The molecule has 6 heteroatoms. The first-order chi connectivity index (χ1) is 13.6. The largest absolute Gasteiger partial charge is 0.350 e. The highest BCUT2D eigenvalue weighted by Crippen LogP contribution is 2.28. The van der Waals surface area contributed by atoms with Gasteiger partial charge in [0.25, 0.3) is 5.91 Å². The van der Waals surface area contributed by atoms with Gasteiger partial charge in [0, 0.05) is 23.5 Å². The first kappa shape index (κ1) is 20.0. The predicted molar refractivity (Wildman–Crippen MR) is 112 cm³/mol. The minimum absolute atomic E-state index is 0.0734. The number of carbonyl (C=O) groups is 1. The number of hydrogen-bond donors (Lipinski definition) is 4. The molecule has 5 N–H and O–H groups in total. The molecule has 28 heavy (non-hydrogen) atoms. The summed E-state index contributed by atoms with van der Waals surface area (Å²) in [5.41, 5.74) is 8.92. The first-order valence-electron chi connectivity index (χ1n) is 9.59. The molecule has 148 valence electrons. The second-order valence-electron chi connectivity index (χ2n) is 6.90. The van der Waals surface area contributed by atoms with Crippen LogP contribution in [0.4, 0.5) is 4.39 Å². The molecule has 5 nitrogen and oxygen atoms in total. The molecule has 0 unspecified atom stereocenters. The van der Waals surface area contributed by atoms with Crippen LogP contribution >= 0.6 is 0 Å². The Morgan fingerprint density at radius 3 is 2.57 bits per heavy atom. The van der Waals surface area contributed by atoms with Crippen molar-refractivity contribution in [2.45, 2.75) is 25.8 Å². The molecule has 1 aliphatic rings. The summed E-state index contributed by atoms with van der Waals surface area (Å²) < 4.78 is 13.1. The van der Waals surface area contributed by atoms with Crippen molar-refractivity contribution in [1.82, 2.24) is 15.6 Å². The molecule has 0 aliphatic carbocycles. The van der Waals surface area contributed by atoms with Crippen molar-refractivity contribution >= 4 is 16.8 Å². The number of aromatic nitrogens is 1. The van der Waals surface area contributed by atoms with Gasteiger partial charge in [-0.2, -0.15) is 0 Å². The van der Waals surface area contributed by atoms with Crippen molar-refractivity contribution in [3.8, 4) is 11.1 Å². The van der Waals surface area contributed by atoms with Gasteiger partial charge in [-0.25, -0.2) is 4.39 Å². The summed E-state index contributed by atoms with van der Waals surface area (Å²) in [6.07, 6.45) is 2.27. The molecule has 0 saturated carbocycles. The van der Waals surface area contributed by atoms with E-state index in [0.717, 1.165) is 47.0 Å². The summed E-state index contributed by atoms with van der Waals surface area (Å²) in [7, 11) is 1.50. The topological polar surface area (TPSA) is 82.9 Å². The van der Waals surface area contributed by atoms with Crippen LogP contribution in [0.15, 0.2) is 42.5 Å². The van der Waals surface area contributed by atoms with Crippen molar-refractivity contribution in [3.05, 3.63) is 59.5 Å². The fourth-order valence-electron chi connectivity index (χ4n) is 3.61. The Morgan fingerprint density at radius 2 is 1.89 bits per heavy atom. The number of rotatable bonds is 4. The highest BCUT2D eigenvalue weighted by Gasteiger charge is 2.18. The Labute approximate surface area is 164 Å². The fourth-order valence-corrected chi connectivity index (χ4v) is 3.61. The molecule has 0 radical (unpaired) electrons. The zero-order valence-corrected chi connectivity index (χ0v) is 16.3. The van der Waals surface area contributed by atoms with Crippen LogP contribution in [-0.2, 0) is 0 Å². The molecule has 0 bridgehead atoms. The van der Waals surface area contributed by atoms with Gasteiger partial charge in [0.05, 0.1) is 0 Å². The molecule has 4 rings (SSSR count). The number of hydrogen-bond acceptors (Lipinski definition) is 3. The molecule has 1 aliphatic heterocycles. The van der Waals surface area contributed by atoms with E-state index in [1.807, 2.05) is 25.1 Å². The number of amides is 1. The lowest BCUT2D eigenvalue weighted by atomic mass is 10.0. The summed E-state index contributed by atoms with van der Waals surface area (Å²) in [5, 5.41) is 7.41. The lowest BCUT2D eigenvalue weighted by Crippen LogP contribution is -2.37. The fraction of sp³-hybridized carbons (Fsp3) is 0.318. The van der Waals surface area contributed by atoms with Crippen molar-refractivity contribution in [2.24, 2.45) is 5.73 Å². The maximum atomic E-state index is 13.1. The highest BCUT2D eigenvalue weighted by molar-refractivity contribution is 6.01. The highest BCUT2D eigenvalue weighted by atomic mass is 19.1. The van der Waals surface area contributed by atoms with Crippen LogP contribution in [-0.4, -0.2) is 37.1 Å². The number of fused-ring (bicyclic) bond motifs is 1. The third-order valence-corrected chi connectivity index (χ3v) is 5.13. The third-order valence-electron chi connectivity index (χ3n) is 5.13. The summed E-state index contributed by atoms with van der Waals surface area (Å²) in [5.74, 6) is -0.320. The third kappa shape index (κ3) is 4.24. The number of aryl methyl sites for hydroxylation is 1. The minimum atomic E-state index is -0.247. The van der Waals surface area contributed by atoms with Crippen molar-refractivity contribution in [2.75, 3.05) is 20.1 Å². The second-order valence-corrected chi connectivity index (χ2v) is 6.90. The Morgan fingerprint density at radius 1 is 1.18 bits per heavy atom. The van der Waals surface area contributed by atoms with Crippen molar-refractivity contribution < 1.29 is 9.18 Å². The van der Waals surface area contributed by atoms with Gasteiger partial charge < -0.3 is 21.4 Å². The molecule has 1 fully saturated rings. The maximum Gasteiger partial charge on any atom is 0.268 e. The molecular formula is C22H27FN4O. The summed E-state index contributed by atoms with van der Waals surface area (Å²) >= 11 is 0. The standard InChI is InChI=1S/C21H22FN3O.CH5N/c1-13-18-11-15(14-4-7-16(22)8-5-14)6-9-19(18)25-20(13)21(26)24-12-17-3-2-10-23-17;1-2/h4-9,11,17,23,25H,2-3,10,12H2,1H3,(H,24,26);2H2,1H3/t17-;/m0./s1. The number of nitrogens with one attached hydrogen (secondary N) is 3. The van der Waals surface area contributed by atoms with Gasteiger partial charge in [-0.3, -0.25) is 4.79 Å². The molecule has 3 aromatic rings. The van der Waals surface area contributed by atoms with E-state index in [-0.39, 0.29) is 11.7 Å². The average Bonchev–Trinajstić information content (AvgIpc) is 3.36. The number of H-pyrrole nitrogens is 1. The van der Waals surface area contributed by atoms with Gasteiger partial charge in [0.1, 0.15) is 11.5 Å². The van der Waals surface area contributed by atoms with E-state index in [1.54, 1.807) is 12.1 Å². The molecule has 1 aromatic heterocycles. The van der Waals surface area contributed by atoms with Gasteiger partial charge in [0.15, 0.2) is 0 Å². The van der Waals surface area contributed by atoms with Crippen LogP contribution in [0.25, 0.3) is 22.0 Å². The van der Waals surface area contributed by atoms with Gasteiger partial charge in [-0.05, 0) is 74.3 Å². The molecule has 0 spiro atoms. The lowest BCUT2D eigenvalue weighted by molar-refractivity contribution is 0.0945. The molecule has 1 amide bonds. The lowest BCUT2D eigenvalue weighted by Gasteiger charge is -2.11. The van der Waals surface area contributed by atoms with Crippen molar-refractivity contribution in [3.63, 3.8) is 0 Å². The van der Waals surface area contributed by atoms with Crippen LogP contribution in [0.2, 0.25) is 0 Å². The van der Waals surface area contributed by atoms with E-state index in [9.17, 15) is 9.18 Å². The Balaban J connectivity index is 0.00000109. The first-order valence-corrected chi connectivity index (χ1v) is 9.59. The number of benzene rings is 2. The Kier molecular flexibility index (Phi) is 6.44. The normalized spacial score (nSPS) is 15.9. The van der Waals surface area contributed by atoms with Gasteiger partial charge in [-0.1, -0.05) is 18.2 Å². The molecule has 2 aromatic carbocycles. The van der Waals surface area contributed by atoms with E-state index in [1.165, 1.54) is 19.2 Å². The summed E-state index contributed by atoms with van der Waals surface area (Å²) in [4.78, 5) is 15.8. The summed E-state index contributed by atoms with van der Waals surface area (Å²) in [6, 6.07) is 12.8. The van der Waals surface area contributed by atoms with Gasteiger partial charge in [-0.15, -0.1) is 0 Å². The molecular weight excluding hydrogens is 355 g/mol. The van der Waals surface area contributed by atoms with E-state index in [2.05, 4.69) is 21.4 Å². The monoisotopic (exact) mass is 382 g/mol. The average molecular weight is 382 g/mol. The Hall–Kier alpha value is -2.70. The quantitative estimate of drug-likeness (QED) is 0.558. The number of halogens is 1. The smallest absolute Gasteiger partial charge is 0.268 e. The van der Waals surface area contributed by atoms with Gasteiger partial charge in [0.2, 0.25) is 0 Å². The Bertz CT molecular complexity index is 943. The van der Waals surface area contributed by atoms with Gasteiger partial charge >= 0.3 is 0 Å². The van der Waals surface area contributed by atoms with E-state index in [0.29, 0.717) is 18.3 Å². The minimum Gasteiger partial charge on any atom is -0.350 e. The van der Waals surface area contributed by atoms with Crippen LogP contribution < -0.4 is 16.4 Å². The van der Waals surface area contributed by atoms with E-state index in [4.69, 9.17) is 0 Å². The number of nitrogens with two attached hydrogens (primary N) is 1. The zero-order valence-electron chi connectivity index (χ0n) is 16.3. The zero-order chi connectivity index (χ0) is 20.1. The van der Waals surface area contributed by atoms with Crippen molar-refractivity contribution in [1.29, 1.82) is 0 Å². The van der Waals surface area contributed by atoms with Crippen LogP contribution in [0.1, 0.15) is 28.9 Å². The van der Waals surface area contributed by atoms with Crippen LogP contribution in [0.5, 0.6) is 0 Å². The van der Waals surface area contributed by atoms with E-state index < -0.39 is 0 Å². The molecule has 1 saturated heterocycles. The number of carbonyl (C=O) groups excluding carboxylic acids is 1. The predicted octanol–water partition coefficient (Wildman–Crippen LogP) is 3.34. The molecule has 1 atom stereocenters.